The number of carboxylic acid groups (broad SMARTS) is 1. The lowest BCUT2D eigenvalue weighted by molar-refractivity contribution is -0.138. The minimum Gasteiger partial charge on any atom is -0.480 e. The van der Waals surface area contributed by atoms with Gasteiger partial charge < -0.3 is 16.6 Å². The van der Waals surface area contributed by atoms with Crippen LogP contribution in [0.25, 0.3) is 0 Å². The van der Waals surface area contributed by atoms with Gasteiger partial charge in [0.25, 0.3) is 0 Å². The Kier molecular flexibility index (Phi) is 4.59. The Bertz CT molecular complexity index is 373. The lowest BCUT2D eigenvalue weighted by Gasteiger charge is -2.09. The molecule has 1 atom stereocenters. The molecule has 0 aliphatic heterocycles. The van der Waals surface area contributed by atoms with E-state index in [1.807, 2.05) is 12.1 Å². The van der Waals surface area contributed by atoms with Gasteiger partial charge in [-0.25, -0.2) is 0 Å². The number of hydrogen-bond donors (Lipinski definition) is 3. The molecule has 0 saturated carbocycles. The van der Waals surface area contributed by atoms with E-state index in [-0.39, 0.29) is 0 Å². The zero-order valence-electron chi connectivity index (χ0n) is 7.71. The number of benzene rings is 1. The van der Waals surface area contributed by atoms with Crippen LogP contribution >= 0.6 is 45.2 Å². The van der Waals surface area contributed by atoms with E-state index in [2.05, 4.69) is 45.2 Å². The summed E-state index contributed by atoms with van der Waals surface area (Å²) in [5.41, 5.74) is 12.9. The first-order chi connectivity index (χ1) is 6.91. The third-order valence-corrected chi connectivity index (χ3v) is 3.70. The van der Waals surface area contributed by atoms with Crippen LogP contribution in [0.1, 0.15) is 5.56 Å². The predicted molar refractivity (Wildman–Crippen MR) is 75.6 cm³/mol. The van der Waals surface area contributed by atoms with Gasteiger partial charge in [-0.3, -0.25) is 4.79 Å². The van der Waals surface area contributed by atoms with Crippen LogP contribution in [0.3, 0.4) is 0 Å². The maximum Gasteiger partial charge on any atom is 0.320 e. The number of rotatable bonds is 3. The maximum absolute atomic E-state index is 10.6. The lowest BCUT2D eigenvalue weighted by Crippen LogP contribution is -2.32. The highest BCUT2D eigenvalue weighted by Gasteiger charge is 2.13. The summed E-state index contributed by atoms with van der Waals surface area (Å²) in [6, 6.07) is 2.86. The van der Waals surface area contributed by atoms with Gasteiger partial charge in [0, 0.05) is 7.14 Å². The molecule has 0 fully saturated rings. The minimum absolute atomic E-state index is 0.321. The van der Waals surface area contributed by atoms with Gasteiger partial charge in [0.1, 0.15) is 6.04 Å². The third-order valence-electron chi connectivity index (χ3n) is 1.91. The summed E-state index contributed by atoms with van der Waals surface area (Å²) in [4.78, 5) is 10.6. The second-order valence-electron chi connectivity index (χ2n) is 3.12. The highest BCUT2D eigenvalue weighted by atomic mass is 127. The number of carboxylic acids is 1. The van der Waals surface area contributed by atoms with Gasteiger partial charge in [-0.2, -0.15) is 0 Å². The van der Waals surface area contributed by atoms with Crippen molar-refractivity contribution in [3.8, 4) is 0 Å². The summed E-state index contributed by atoms with van der Waals surface area (Å²) in [7, 11) is 0. The van der Waals surface area contributed by atoms with E-state index in [0.717, 1.165) is 18.4 Å². The molecule has 0 spiro atoms. The van der Waals surface area contributed by atoms with E-state index < -0.39 is 12.0 Å². The average Bonchev–Trinajstić information content (AvgIpc) is 2.13. The van der Waals surface area contributed by atoms with Crippen LogP contribution in [-0.4, -0.2) is 17.1 Å². The topological polar surface area (TPSA) is 89.3 Å². The standard InChI is InChI=1S/C9H10I2N2O2/c10-5-1-4(2-6(11)8(5)13)3-7(12)9(14)15/h1-2,7H,3,12-13H2,(H,14,15)/t7-/m1/s1. The first kappa shape index (κ1) is 13.0. The van der Waals surface area contributed by atoms with Gasteiger partial charge in [0.2, 0.25) is 0 Å². The second-order valence-corrected chi connectivity index (χ2v) is 5.45. The highest BCUT2D eigenvalue weighted by molar-refractivity contribution is 14.1. The number of halogens is 2. The molecule has 82 valence electrons. The van der Waals surface area contributed by atoms with Crippen LogP contribution in [0.5, 0.6) is 0 Å². The Hall–Kier alpha value is -0.0900. The molecule has 0 aliphatic rings. The summed E-state index contributed by atoms with van der Waals surface area (Å²) in [6.07, 6.45) is 0.321. The first-order valence-corrected chi connectivity index (χ1v) is 6.29. The van der Waals surface area contributed by atoms with Crippen LogP contribution in [0.15, 0.2) is 12.1 Å². The number of carbonyl (C=O) groups is 1. The summed E-state index contributed by atoms with van der Waals surface area (Å²) in [6.45, 7) is 0. The zero-order chi connectivity index (χ0) is 11.6. The minimum atomic E-state index is -0.989. The van der Waals surface area contributed by atoms with E-state index in [9.17, 15) is 4.79 Å². The van der Waals surface area contributed by atoms with Gasteiger partial charge in [-0.1, -0.05) is 0 Å². The quantitative estimate of drug-likeness (QED) is 0.499. The highest BCUT2D eigenvalue weighted by Crippen LogP contribution is 2.24. The maximum atomic E-state index is 10.6. The van der Waals surface area contributed by atoms with Crippen LogP contribution < -0.4 is 11.5 Å². The number of aliphatic carboxylic acids is 1. The van der Waals surface area contributed by atoms with Crippen molar-refractivity contribution in [3.63, 3.8) is 0 Å². The van der Waals surface area contributed by atoms with Crippen molar-refractivity contribution in [2.24, 2.45) is 5.73 Å². The average molecular weight is 432 g/mol. The molecule has 0 aromatic heterocycles. The molecule has 1 aromatic rings. The Labute approximate surface area is 115 Å². The van der Waals surface area contributed by atoms with E-state index in [1.54, 1.807) is 0 Å². The molecular formula is C9H10I2N2O2. The van der Waals surface area contributed by atoms with Gasteiger partial charge in [0.05, 0.1) is 5.69 Å². The van der Waals surface area contributed by atoms with Crippen LogP contribution in [0, 0.1) is 7.14 Å². The smallest absolute Gasteiger partial charge is 0.320 e. The lowest BCUT2D eigenvalue weighted by atomic mass is 10.1. The number of nitrogen functional groups attached to an aromatic ring is 1. The van der Waals surface area contributed by atoms with Crippen molar-refractivity contribution in [1.29, 1.82) is 0 Å². The van der Waals surface area contributed by atoms with E-state index in [4.69, 9.17) is 16.6 Å². The molecule has 1 aromatic carbocycles. The molecule has 0 heterocycles. The predicted octanol–water partition coefficient (Wildman–Crippen LogP) is 1.43. The second kappa shape index (κ2) is 5.30. The van der Waals surface area contributed by atoms with Crippen LogP contribution in [-0.2, 0) is 11.2 Å². The Morgan fingerprint density at radius 3 is 2.27 bits per heavy atom. The van der Waals surface area contributed by atoms with E-state index in [1.165, 1.54) is 0 Å². The summed E-state index contributed by atoms with van der Waals surface area (Å²) < 4.78 is 1.85. The number of nitrogens with two attached hydrogens (primary N) is 2. The molecule has 0 aliphatic carbocycles. The fraction of sp³-hybridized carbons (Fsp3) is 0.222. The molecule has 0 unspecified atom stereocenters. The Morgan fingerprint density at radius 1 is 1.40 bits per heavy atom. The Morgan fingerprint density at radius 2 is 1.87 bits per heavy atom. The van der Waals surface area contributed by atoms with Gasteiger partial charge in [-0.15, -0.1) is 0 Å². The Balaban J connectivity index is 2.92. The molecule has 0 amide bonds. The van der Waals surface area contributed by atoms with E-state index in [0.29, 0.717) is 6.42 Å². The van der Waals surface area contributed by atoms with Crippen molar-refractivity contribution >= 4 is 56.8 Å². The number of hydrogen-bond acceptors (Lipinski definition) is 3. The zero-order valence-corrected chi connectivity index (χ0v) is 12.0. The van der Waals surface area contributed by atoms with Crippen molar-refractivity contribution in [3.05, 3.63) is 24.8 Å². The van der Waals surface area contributed by atoms with Crippen molar-refractivity contribution < 1.29 is 9.90 Å². The van der Waals surface area contributed by atoms with Crippen molar-refractivity contribution in [1.82, 2.24) is 0 Å². The van der Waals surface area contributed by atoms with E-state index >= 15 is 0 Å². The molecule has 4 nitrogen and oxygen atoms in total. The molecule has 0 bridgehead atoms. The summed E-state index contributed by atoms with van der Waals surface area (Å²) in [5.74, 6) is -0.989. The fourth-order valence-corrected chi connectivity index (χ4v) is 2.99. The third kappa shape index (κ3) is 3.45. The van der Waals surface area contributed by atoms with Gasteiger partial charge in [-0.05, 0) is 69.3 Å². The molecule has 15 heavy (non-hydrogen) atoms. The molecular weight excluding hydrogens is 422 g/mol. The van der Waals surface area contributed by atoms with Crippen molar-refractivity contribution in [2.45, 2.75) is 12.5 Å². The SMILES string of the molecule is Nc1c(I)cc(C[C@@H](N)C(=O)O)cc1I. The van der Waals surface area contributed by atoms with Crippen LogP contribution in [0.4, 0.5) is 5.69 Å². The summed E-state index contributed by atoms with van der Waals surface area (Å²) in [5, 5.41) is 8.68. The molecule has 0 saturated heterocycles. The van der Waals surface area contributed by atoms with Gasteiger partial charge in [0.15, 0.2) is 0 Å². The first-order valence-electron chi connectivity index (χ1n) is 4.13. The van der Waals surface area contributed by atoms with Gasteiger partial charge >= 0.3 is 5.97 Å². The molecule has 6 heteroatoms. The molecule has 1 rings (SSSR count). The molecule has 5 N–H and O–H groups in total. The molecule has 0 radical (unpaired) electrons. The fourth-order valence-electron chi connectivity index (χ4n) is 1.10. The largest absolute Gasteiger partial charge is 0.480 e. The van der Waals surface area contributed by atoms with Crippen LogP contribution in [0.2, 0.25) is 0 Å². The summed E-state index contributed by atoms with van der Waals surface area (Å²) >= 11 is 4.24. The normalized spacial score (nSPS) is 12.5. The number of anilines is 1. The monoisotopic (exact) mass is 432 g/mol. The van der Waals surface area contributed by atoms with Crippen molar-refractivity contribution in [2.75, 3.05) is 5.73 Å².